The molecule has 22 heavy (non-hydrogen) atoms. The summed E-state index contributed by atoms with van der Waals surface area (Å²) in [4.78, 5) is 4.48. The van der Waals surface area contributed by atoms with Gasteiger partial charge in [0.05, 0.1) is 23.0 Å². The molecule has 1 N–H and O–H groups in total. The first-order valence-corrected chi connectivity index (χ1v) is 8.05. The Labute approximate surface area is 133 Å². The lowest BCUT2D eigenvalue weighted by Gasteiger charge is -2.07. The number of anilines is 1. The molecule has 3 aromatic rings. The predicted molar refractivity (Wildman–Crippen MR) is 93.1 cm³/mol. The summed E-state index contributed by atoms with van der Waals surface area (Å²) < 4.78 is 6.85. The van der Waals surface area contributed by atoms with Crippen molar-refractivity contribution >= 4 is 32.9 Å². The minimum atomic E-state index is 0.705. The highest BCUT2D eigenvalue weighted by atomic mass is 32.1. The van der Waals surface area contributed by atoms with Crippen molar-refractivity contribution in [1.29, 1.82) is 0 Å². The molecule has 5 heteroatoms. The van der Waals surface area contributed by atoms with Crippen molar-refractivity contribution in [2.75, 3.05) is 12.0 Å². The van der Waals surface area contributed by atoms with E-state index < -0.39 is 0 Å². The molecule has 0 fully saturated rings. The first-order valence-electron chi connectivity index (χ1n) is 7.23. The molecular formula is C17H17N3OS. The zero-order valence-corrected chi connectivity index (χ0v) is 13.1. The lowest BCUT2D eigenvalue weighted by molar-refractivity contribution is 0.317. The molecule has 0 aliphatic heterocycles. The van der Waals surface area contributed by atoms with Crippen molar-refractivity contribution in [1.82, 2.24) is 4.98 Å². The van der Waals surface area contributed by atoms with E-state index in [0.29, 0.717) is 6.61 Å². The summed E-state index contributed by atoms with van der Waals surface area (Å²) in [6.07, 6.45) is 2.74. The SMILES string of the molecule is CCCOc1ccccc1/C=N\Nc1nc2ccccc2s1. The second-order valence-corrected chi connectivity index (χ2v) is 5.77. The Morgan fingerprint density at radius 1 is 1.18 bits per heavy atom. The van der Waals surface area contributed by atoms with Gasteiger partial charge in [0.2, 0.25) is 5.13 Å². The van der Waals surface area contributed by atoms with Crippen LogP contribution in [0.1, 0.15) is 18.9 Å². The molecule has 0 radical (unpaired) electrons. The van der Waals surface area contributed by atoms with Gasteiger partial charge in [-0.05, 0) is 30.7 Å². The molecule has 3 rings (SSSR count). The van der Waals surface area contributed by atoms with E-state index in [0.717, 1.165) is 33.1 Å². The molecule has 1 heterocycles. The van der Waals surface area contributed by atoms with Crippen molar-refractivity contribution < 1.29 is 4.74 Å². The molecule has 0 saturated heterocycles. The van der Waals surface area contributed by atoms with Crippen molar-refractivity contribution in [2.45, 2.75) is 13.3 Å². The second-order valence-electron chi connectivity index (χ2n) is 4.74. The van der Waals surface area contributed by atoms with Crippen LogP contribution < -0.4 is 10.2 Å². The van der Waals surface area contributed by atoms with Gasteiger partial charge in [0, 0.05) is 5.56 Å². The largest absolute Gasteiger partial charge is 0.493 e. The first-order chi connectivity index (χ1) is 10.9. The maximum Gasteiger partial charge on any atom is 0.204 e. The van der Waals surface area contributed by atoms with Crippen molar-refractivity contribution in [2.24, 2.45) is 5.10 Å². The van der Waals surface area contributed by atoms with Gasteiger partial charge < -0.3 is 4.74 Å². The van der Waals surface area contributed by atoms with E-state index in [1.807, 2.05) is 42.5 Å². The average Bonchev–Trinajstić information content (AvgIpc) is 2.96. The summed E-state index contributed by atoms with van der Waals surface area (Å²) in [5.41, 5.74) is 4.92. The monoisotopic (exact) mass is 311 g/mol. The fraction of sp³-hybridized carbons (Fsp3) is 0.176. The van der Waals surface area contributed by atoms with E-state index in [2.05, 4.69) is 28.5 Å². The Morgan fingerprint density at radius 3 is 2.86 bits per heavy atom. The van der Waals surface area contributed by atoms with Crippen LogP contribution in [-0.4, -0.2) is 17.8 Å². The number of rotatable bonds is 6. The normalized spacial score (nSPS) is 11.1. The Morgan fingerprint density at radius 2 is 2.00 bits per heavy atom. The van der Waals surface area contributed by atoms with Gasteiger partial charge in [0.1, 0.15) is 5.75 Å². The third-order valence-corrected chi connectivity index (χ3v) is 3.98. The Kier molecular flexibility index (Phi) is 4.65. The van der Waals surface area contributed by atoms with Crippen LogP contribution in [0.3, 0.4) is 0 Å². The molecule has 0 bridgehead atoms. The van der Waals surface area contributed by atoms with Gasteiger partial charge in [0.15, 0.2) is 0 Å². The number of aromatic nitrogens is 1. The average molecular weight is 311 g/mol. The Bertz CT molecular complexity index is 749. The summed E-state index contributed by atoms with van der Waals surface area (Å²) in [5.74, 6) is 0.846. The molecule has 0 spiro atoms. The van der Waals surface area contributed by atoms with Crippen LogP contribution in [-0.2, 0) is 0 Å². The summed E-state index contributed by atoms with van der Waals surface area (Å²) >= 11 is 1.58. The second kappa shape index (κ2) is 7.04. The molecule has 0 unspecified atom stereocenters. The Balaban J connectivity index is 1.71. The standard InChI is InChI=1S/C17H17N3OS/c1-2-11-21-15-9-5-3-7-13(15)12-18-20-17-19-14-8-4-6-10-16(14)22-17/h3-10,12H,2,11H2,1H3,(H,19,20)/b18-12-. The molecule has 4 nitrogen and oxygen atoms in total. The molecule has 112 valence electrons. The number of nitrogens with one attached hydrogen (secondary N) is 1. The summed E-state index contributed by atoms with van der Waals surface area (Å²) in [7, 11) is 0. The quantitative estimate of drug-likeness (QED) is 0.537. The maximum absolute atomic E-state index is 5.71. The molecule has 2 aromatic carbocycles. The fourth-order valence-electron chi connectivity index (χ4n) is 2.01. The zero-order valence-electron chi connectivity index (χ0n) is 12.3. The number of hydrogen-bond acceptors (Lipinski definition) is 5. The van der Waals surface area contributed by atoms with Crippen LogP contribution in [0.4, 0.5) is 5.13 Å². The highest BCUT2D eigenvalue weighted by molar-refractivity contribution is 7.22. The van der Waals surface area contributed by atoms with Crippen LogP contribution >= 0.6 is 11.3 Å². The molecule has 0 saturated carbocycles. The molecule has 0 aliphatic carbocycles. The van der Waals surface area contributed by atoms with Gasteiger partial charge in [-0.3, -0.25) is 5.43 Å². The van der Waals surface area contributed by atoms with Crippen LogP contribution in [0.2, 0.25) is 0 Å². The third kappa shape index (κ3) is 3.43. The summed E-state index contributed by atoms with van der Waals surface area (Å²) in [6.45, 7) is 2.79. The van der Waals surface area contributed by atoms with Gasteiger partial charge in [0.25, 0.3) is 0 Å². The number of fused-ring (bicyclic) bond motifs is 1. The van der Waals surface area contributed by atoms with Gasteiger partial charge in [-0.2, -0.15) is 5.10 Å². The van der Waals surface area contributed by atoms with Crippen molar-refractivity contribution in [3.63, 3.8) is 0 Å². The van der Waals surface area contributed by atoms with Gasteiger partial charge >= 0.3 is 0 Å². The number of thiazole rings is 1. The van der Waals surface area contributed by atoms with Crippen LogP contribution in [0.25, 0.3) is 10.2 Å². The minimum absolute atomic E-state index is 0.705. The summed E-state index contributed by atoms with van der Waals surface area (Å²) in [5, 5.41) is 5.05. The van der Waals surface area contributed by atoms with Crippen LogP contribution in [0.15, 0.2) is 53.6 Å². The van der Waals surface area contributed by atoms with E-state index in [-0.39, 0.29) is 0 Å². The Hall–Kier alpha value is -2.40. The number of hydrogen-bond donors (Lipinski definition) is 1. The molecule has 0 atom stereocenters. The van der Waals surface area contributed by atoms with E-state index in [1.54, 1.807) is 17.6 Å². The maximum atomic E-state index is 5.71. The lowest BCUT2D eigenvalue weighted by Crippen LogP contribution is -1.99. The van der Waals surface area contributed by atoms with E-state index in [4.69, 9.17) is 4.74 Å². The highest BCUT2D eigenvalue weighted by Crippen LogP contribution is 2.25. The zero-order chi connectivity index (χ0) is 15.2. The number of ether oxygens (including phenoxy) is 1. The van der Waals surface area contributed by atoms with E-state index in [1.165, 1.54) is 0 Å². The molecular weight excluding hydrogens is 294 g/mol. The van der Waals surface area contributed by atoms with Crippen molar-refractivity contribution in [3.8, 4) is 5.75 Å². The summed E-state index contributed by atoms with van der Waals surface area (Å²) in [6, 6.07) is 15.9. The van der Waals surface area contributed by atoms with Gasteiger partial charge in [-0.15, -0.1) is 0 Å². The lowest BCUT2D eigenvalue weighted by atomic mass is 10.2. The minimum Gasteiger partial charge on any atom is -0.493 e. The predicted octanol–water partition coefficient (Wildman–Crippen LogP) is 4.53. The highest BCUT2D eigenvalue weighted by Gasteiger charge is 2.02. The van der Waals surface area contributed by atoms with E-state index >= 15 is 0 Å². The van der Waals surface area contributed by atoms with Crippen molar-refractivity contribution in [3.05, 3.63) is 54.1 Å². The molecule has 0 aliphatic rings. The van der Waals surface area contributed by atoms with Gasteiger partial charge in [-0.1, -0.05) is 42.5 Å². The number of nitrogens with zero attached hydrogens (tertiary/aromatic N) is 2. The third-order valence-electron chi connectivity index (χ3n) is 3.04. The topological polar surface area (TPSA) is 46.5 Å². The number of para-hydroxylation sites is 2. The molecule has 0 amide bonds. The first kappa shape index (κ1) is 14.5. The molecule has 1 aromatic heterocycles. The van der Waals surface area contributed by atoms with Gasteiger partial charge in [-0.25, -0.2) is 4.98 Å². The van der Waals surface area contributed by atoms with Crippen LogP contribution in [0.5, 0.6) is 5.75 Å². The fourth-order valence-corrected chi connectivity index (χ4v) is 2.82. The number of hydrazone groups is 1. The number of benzene rings is 2. The van der Waals surface area contributed by atoms with Crippen LogP contribution in [0, 0.1) is 0 Å². The van der Waals surface area contributed by atoms with E-state index in [9.17, 15) is 0 Å². The smallest absolute Gasteiger partial charge is 0.204 e.